The highest BCUT2D eigenvalue weighted by Crippen LogP contribution is 2.15. The number of carboxylic acid groups (broad SMARTS) is 1. The number of carbonyl (C=O) groups excluding carboxylic acids is 1. The molecular weight excluding hydrogens is 292 g/mol. The quantitative estimate of drug-likeness (QED) is 0.901. The topological polar surface area (TPSA) is 60.9 Å². The van der Waals surface area contributed by atoms with E-state index in [-0.39, 0.29) is 12.5 Å². The molecule has 0 bridgehead atoms. The van der Waals surface area contributed by atoms with Gasteiger partial charge < -0.3 is 10.0 Å². The van der Waals surface area contributed by atoms with Gasteiger partial charge in [0.25, 0.3) is 0 Å². The first-order chi connectivity index (χ1) is 10.0. The van der Waals surface area contributed by atoms with Crippen LogP contribution < -0.4 is 0 Å². The van der Waals surface area contributed by atoms with Crippen molar-refractivity contribution in [2.24, 2.45) is 0 Å². The molecule has 0 aromatic heterocycles. The summed E-state index contributed by atoms with van der Waals surface area (Å²) in [5.41, 5.74) is 1.02. The van der Waals surface area contributed by atoms with Crippen LogP contribution in [0.25, 0.3) is 0 Å². The van der Waals surface area contributed by atoms with Crippen LogP contribution in [-0.2, 0) is 16.1 Å². The molecule has 114 valence electrons. The predicted octanol–water partition coefficient (Wildman–Crippen LogP) is 1.85. The van der Waals surface area contributed by atoms with E-state index in [1.807, 2.05) is 19.1 Å². The molecule has 0 aliphatic carbocycles. The van der Waals surface area contributed by atoms with E-state index >= 15 is 0 Å². The van der Waals surface area contributed by atoms with Crippen LogP contribution in [0.1, 0.15) is 18.9 Å². The summed E-state index contributed by atoms with van der Waals surface area (Å²) in [5.74, 6) is -0.896. The van der Waals surface area contributed by atoms with Crippen molar-refractivity contribution in [1.29, 1.82) is 0 Å². The lowest BCUT2D eigenvalue weighted by Gasteiger charge is -2.37. The number of carbonyl (C=O) groups is 2. The van der Waals surface area contributed by atoms with Gasteiger partial charge in [0.1, 0.15) is 6.04 Å². The van der Waals surface area contributed by atoms with Gasteiger partial charge in [0, 0.05) is 24.7 Å². The predicted molar refractivity (Wildman–Crippen MR) is 80.2 cm³/mol. The molecular formula is C15H19ClN2O3. The van der Waals surface area contributed by atoms with Crippen LogP contribution in [0.5, 0.6) is 0 Å². The summed E-state index contributed by atoms with van der Waals surface area (Å²) in [7, 11) is 0. The number of amides is 1. The Morgan fingerprint density at radius 3 is 2.52 bits per heavy atom. The van der Waals surface area contributed by atoms with Crippen LogP contribution in [0.4, 0.5) is 0 Å². The third-order valence-electron chi connectivity index (χ3n) is 3.75. The number of carboxylic acids is 1. The summed E-state index contributed by atoms with van der Waals surface area (Å²) in [4.78, 5) is 26.8. The van der Waals surface area contributed by atoms with Gasteiger partial charge in [0.2, 0.25) is 5.91 Å². The minimum absolute atomic E-state index is 0.0316. The lowest BCUT2D eigenvalue weighted by Crippen LogP contribution is -2.54. The zero-order valence-electron chi connectivity index (χ0n) is 12.0. The normalized spacial score (nSPS) is 17.8. The molecule has 1 aromatic rings. The Morgan fingerprint density at radius 2 is 2.00 bits per heavy atom. The number of nitrogens with zero attached hydrogens (tertiary/aromatic N) is 2. The van der Waals surface area contributed by atoms with Crippen LogP contribution in [0, 0.1) is 0 Å². The molecule has 5 nitrogen and oxygen atoms in total. The first-order valence-electron chi connectivity index (χ1n) is 7.00. The Kier molecular flexibility index (Phi) is 5.20. The van der Waals surface area contributed by atoms with Crippen molar-refractivity contribution in [3.05, 3.63) is 34.9 Å². The maximum Gasteiger partial charge on any atom is 0.320 e. The summed E-state index contributed by atoms with van der Waals surface area (Å²) in [6, 6.07) is 6.82. The smallest absolute Gasteiger partial charge is 0.320 e. The van der Waals surface area contributed by atoms with Crippen molar-refractivity contribution in [3.8, 4) is 0 Å². The number of aliphatic carboxylic acids is 1. The average molecular weight is 311 g/mol. The maximum absolute atomic E-state index is 12.2. The zero-order chi connectivity index (χ0) is 15.4. The molecule has 1 N–H and O–H groups in total. The summed E-state index contributed by atoms with van der Waals surface area (Å²) >= 11 is 5.84. The van der Waals surface area contributed by atoms with Gasteiger partial charge in [-0.15, -0.1) is 0 Å². The van der Waals surface area contributed by atoms with Gasteiger partial charge in [0.15, 0.2) is 0 Å². The van der Waals surface area contributed by atoms with Crippen molar-refractivity contribution >= 4 is 23.5 Å². The number of hydrogen-bond acceptors (Lipinski definition) is 3. The van der Waals surface area contributed by atoms with Gasteiger partial charge in [-0.3, -0.25) is 14.5 Å². The first-order valence-corrected chi connectivity index (χ1v) is 7.38. The fourth-order valence-corrected chi connectivity index (χ4v) is 2.69. The molecule has 1 aromatic carbocycles. The number of benzene rings is 1. The van der Waals surface area contributed by atoms with Crippen LogP contribution in [0.15, 0.2) is 24.3 Å². The molecule has 1 saturated heterocycles. The summed E-state index contributed by atoms with van der Waals surface area (Å²) in [6.07, 6.45) is 0.500. The Labute approximate surface area is 129 Å². The van der Waals surface area contributed by atoms with E-state index in [1.54, 1.807) is 21.9 Å². The third kappa shape index (κ3) is 3.95. The highest BCUT2D eigenvalue weighted by atomic mass is 35.5. The molecule has 2 rings (SSSR count). The van der Waals surface area contributed by atoms with Crippen molar-refractivity contribution in [2.75, 3.05) is 19.6 Å². The largest absolute Gasteiger partial charge is 0.480 e. The number of piperazine rings is 1. The molecule has 1 fully saturated rings. The molecule has 0 radical (unpaired) electrons. The van der Waals surface area contributed by atoms with Crippen LogP contribution in [-0.4, -0.2) is 52.5 Å². The number of halogens is 1. The van der Waals surface area contributed by atoms with E-state index < -0.39 is 12.0 Å². The van der Waals surface area contributed by atoms with E-state index in [4.69, 9.17) is 16.7 Å². The Balaban J connectivity index is 1.96. The van der Waals surface area contributed by atoms with E-state index in [0.717, 1.165) is 5.56 Å². The summed E-state index contributed by atoms with van der Waals surface area (Å²) < 4.78 is 0. The monoisotopic (exact) mass is 310 g/mol. The maximum atomic E-state index is 12.2. The summed E-state index contributed by atoms with van der Waals surface area (Å²) in [6.45, 7) is 3.66. The average Bonchev–Trinajstić information content (AvgIpc) is 2.44. The Morgan fingerprint density at radius 1 is 1.33 bits per heavy atom. The van der Waals surface area contributed by atoms with Gasteiger partial charge in [-0.1, -0.05) is 30.7 Å². The molecule has 0 saturated carbocycles. The van der Waals surface area contributed by atoms with Crippen molar-refractivity contribution < 1.29 is 14.7 Å². The van der Waals surface area contributed by atoms with Gasteiger partial charge in [-0.2, -0.15) is 0 Å². The molecule has 21 heavy (non-hydrogen) atoms. The molecule has 6 heteroatoms. The third-order valence-corrected chi connectivity index (χ3v) is 4.00. The molecule has 1 aliphatic heterocycles. The molecule has 0 spiro atoms. The van der Waals surface area contributed by atoms with E-state index in [2.05, 4.69) is 0 Å². The minimum atomic E-state index is -0.864. The standard InChI is InChI=1S/C15H19ClN2O3/c1-2-13(15(20)21)17-7-8-18(14(19)10-17)9-11-3-5-12(16)6-4-11/h3-6,13H,2,7-10H2,1H3,(H,20,21)/t13-/m0/s1. The van der Waals surface area contributed by atoms with E-state index in [9.17, 15) is 9.59 Å². The minimum Gasteiger partial charge on any atom is -0.480 e. The highest BCUT2D eigenvalue weighted by Gasteiger charge is 2.31. The first kappa shape index (κ1) is 15.8. The van der Waals surface area contributed by atoms with Crippen LogP contribution in [0.2, 0.25) is 5.02 Å². The van der Waals surface area contributed by atoms with Gasteiger partial charge >= 0.3 is 5.97 Å². The lowest BCUT2D eigenvalue weighted by atomic mass is 10.1. The Bertz CT molecular complexity index is 518. The molecule has 0 unspecified atom stereocenters. The molecule has 1 amide bonds. The fraction of sp³-hybridized carbons (Fsp3) is 0.467. The second-order valence-electron chi connectivity index (χ2n) is 5.17. The van der Waals surface area contributed by atoms with E-state index in [1.165, 1.54) is 0 Å². The van der Waals surface area contributed by atoms with Gasteiger partial charge in [-0.05, 0) is 24.1 Å². The van der Waals surface area contributed by atoms with Crippen molar-refractivity contribution in [1.82, 2.24) is 9.80 Å². The van der Waals surface area contributed by atoms with Crippen molar-refractivity contribution in [2.45, 2.75) is 25.9 Å². The summed E-state index contributed by atoms with van der Waals surface area (Å²) in [5, 5.41) is 9.83. The van der Waals surface area contributed by atoms with Crippen LogP contribution in [0.3, 0.4) is 0 Å². The second kappa shape index (κ2) is 6.91. The second-order valence-corrected chi connectivity index (χ2v) is 5.61. The van der Waals surface area contributed by atoms with Gasteiger partial charge in [0.05, 0.1) is 6.54 Å². The lowest BCUT2D eigenvalue weighted by molar-refractivity contribution is -0.147. The SMILES string of the molecule is CC[C@@H](C(=O)O)N1CCN(Cc2ccc(Cl)cc2)C(=O)C1. The number of hydrogen-bond donors (Lipinski definition) is 1. The molecule has 1 heterocycles. The zero-order valence-corrected chi connectivity index (χ0v) is 12.7. The van der Waals surface area contributed by atoms with E-state index in [0.29, 0.717) is 31.1 Å². The van der Waals surface area contributed by atoms with Crippen molar-refractivity contribution in [3.63, 3.8) is 0 Å². The molecule has 1 aliphatic rings. The van der Waals surface area contributed by atoms with Crippen LogP contribution >= 0.6 is 11.6 Å². The molecule has 1 atom stereocenters. The Hall–Kier alpha value is -1.59. The fourth-order valence-electron chi connectivity index (χ4n) is 2.56. The highest BCUT2D eigenvalue weighted by molar-refractivity contribution is 6.30. The van der Waals surface area contributed by atoms with Gasteiger partial charge in [-0.25, -0.2) is 0 Å². The number of rotatable bonds is 5.